The Morgan fingerprint density at radius 2 is 1.82 bits per heavy atom. The highest BCUT2D eigenvalue weighted by molar-refractivity contribution is 5.87. The zero-order valence-electron chi connectivity index (χ0n) is 11.1. The second-order valence-electron chi connectivity index (χ2n) is 5.18. The molecule has 0 amide bonds. The molecule has 0 aromatic rings. The van der Waals surface area contributed by atoms with Crippen molar-refractivity contribution in [2.75, 3.05) is 21.1 Å². The van der Waals surface area contributed by atoms with Crippen molar-refractivity contribution in [1.82, 2.24) is 0 Å². The van der Waals surface area contributed by atoms with Crippen LogP contribution in [0.25, 0.3) is 0 Å². The average Bonchev–Trinajstić information content (AvgIpc) is 2.11. The molecule has 0 bridgehead atoms. The van der Waals surface area contributed by atoms with Crippen LogP contribution in [0.4, 0.5) is 0 Å². The summed E-state index contributed by atoms with van der Waals surface area (Å²) in [5, 5.41) is 11.0. The molecule has 0 saturated carbocycles. The highest BCUT2D eigenvalue weighted by Crippen LogP contribution is 2.12. The summed E-state index contributed by atoms with van der Waals surface area (Å²) >= 11 is 0. The first kappa shape index (κ1) is 15.6. The third-order valence-electron chi connectivity index (χ3n) is 2.42. The Kier molecular flexibility index (Phi) is 5.35. The normalized spacial score (nSPS) is 14.9. The lowest BCUT2D eigenvalue weighted by Gasteiger charge is -2.35. The van der Waals surface area contributed by atoms with Crippen molar-refractivity contribution < 1.29 is 23.9 Å². The van der Waals surface area contributed by atoms with Crippen molar-refractivity contribution in [3.63, 3.8) is 0 Å². The summed E-state index contributed by atoms with van der Waals surface area (Å²) in [7, 11) is 5.27. The van der Waals surface area contributed by atoms with Gasteiger partial charge in [-0.15, -0.1) is 0 Å². The van der Waals surface area contributed by atoms with Gasteiger partial charge in [0.05, 0.1) is 27.1 Å². The maximum Gasteiger partial charge on any atom is 0.333 e. The van der Waals surface area contributed by atoms with Gasteiger partial charge in [0.2, 0.25) is 0 Å². The Morgan fingerprint density at radius 3 is 2.12 bits per heavy atom. The molecule has 17 heavy (non-hydrogen) atoms. The predicted molar refractivity (Wildman–Crippen MR) is 61.8 cm³/mol. The van der Waals surface area contributed by atoms with Crippen molar-refractivity contribution in [3.8, 4) is 0 Å². The minimum Gasteiger partial charge on any atom is -0.544 e. The number of likely N-dealkylation sites (N-methyl/N-ethyl adjacent to an activating group) is 1. The maximum atomic E-state index is 11.3. The number of carboxylic acids is 1. The van der Waals surface area contributed by atoms with Gasteiger partial charge >= 0.3 is 5.97 Å². The zero-order chi connectivity index (χ0) is 13.8. The van der Waals surface area contributed by atoms with Crippen molar-refractivity contribution in [2.24, 2.45) is 0 Å². The van der Waals surface area contributed by atoms with Crippen LogP contribution in [0, 0.1) is 0 Å². The molecule has 5 heteroatoms. The molecule has 0 saturated heterocycles. The number of carboxylic acid groups (broad SMARTS) is 1. The van der Waals surface area contributed by atoms with E-state index in [0.717, 1.165) is 0 Å². The lowest BCUT2D eigenvalue weighted by atomic mass is 10.1. The van der Waals surface area contributed by atoms with E-state index in [4.69, 9.17) is 4.74 Å². The number of hydrogen-bond donors (Lipinski definition) is 0. The van der Waals surface area contributed by atoms with Crippen LogP contribution in [0.15, 0.2) is 12.2 Å². The molecule has 0 aromatic heterocycles. The molecule has 5 nitrogen and oxygen atoms in total. The molecular weight excluding hydrogens is 222 g/mol. The third-order valence-corrected chi connectivity index (χ3v) is 2.42. The van der Waals surface area contributed by atoms with Crippen LogP contribution in [-0.2, 0) is 14.3 Å². The van der Waals surface area contributed by atoms with Gasteiger partial charge in [-0.2, -0.15) is 0 Å². The number of carbonyl (C=O) groups excluding carboxylic acids is 2. The van der Waals surface area contributed by atoms with Gasteiger partial charge in [0.1, 0.15) is 12.1 Å². The zero-order valence-corrected chi connectivity index (χ0v) is 11.1. The smallest absolute Gasteiger partial charge is 0.333 e. The van der Waals surface area contributed by atoms with Crippen LogP contribution < -0.4 is 5.11 Å². The van der Waals surface area contributed by atoms with Gasteiger partial charge in [-0.3, -0.25) is 0 Å². The molecule has 0 aliphatic heterocycles. The van der Waals surface area contributed by atoms with Crippen LogP contribution in [0.5, 0.6) is 0 Å². The lowest BCUT2D eigenvalue weighted by Crippen LogP contribution is -2.56. The first-order valence-electron chi connectivity index (χ1n) is 5.44. The number of quaternary nitrogens is 1. The average molecular weight is 243 g/mol. The van der Waals surface area contributed by atoms with Crippen LogP contribution in [0.2, 0.25) is 0 Å². The molecule has 0 aliphatic carbocycles. The van der Waals surface area contributed by atoms with E-state index in [1.54, 1.807) is 35.0 Å². The predicted octanol–water partition coefficient (Wildman–Crippen LogP) is -0.291. The van der Waals surface area contributed by atoms with Gasteiger partial charge in [-0.1, -0.05) is 6.58 Å². The molecule has 0 aliphatic rings. The molecule has 0 aromatic carbocycles. The Bertz CT molecular complexity index is 317. The first-order valence-corrected chi connectivity index (χ1v) is 5.44. The minimum absolute atomic E-state index is 0.213. The van der Waals surface area contributed by atoms with Gasteiger partial charge in [0.25, 0.3) is 0 Å². The van der Waals surface area contributed by atoms with E-state index in [-0.39, 0.29) is 10.9 Å². The largest absolute Gasteiger partial charge is 0.544 e. The summed E-state index contributed by atoms with van der Waals surface area (Å²) < 4.78 is 5.27. The van der Waals surface area contributed by atoms with E-state index in [1.807, 2.05) is 0 Å². The van der Waals surface area contributed by atoms with Crippen LogP contribution in [0.1, 0.15) is 20.3 Å². The molecule has 2 atom stereocenters. The molecule has 0 fully saturated rings. The summed E-state index contributed by atoms with van der Waals surface area (Å²) in [6.07, 6.45) is -0.273. The SMILES string of the molecule is C=C(C)C(=O)OC(C)CC(C(=O)[O-])[N+](C)(C)C. The standard InChI is InChI=1S/C12H21NO4/c1-8(2)12(16)17-9(3)7-10(11(14)15)13(4,5)6/h9-10H,1,7H2,2-6H3. The topological polar surface area (TPSA) is 66.4 Å². The third kappa shape index (κ3) is 5.49. The molecule has 0 radical (unpaired) electrons. The number of nitrogens with zero attached hydrogens (tertiary/aromatic N) is 1. The Hall–Kier alpha value is -1.36. The second kappa shape index (κ2) is 5.82. The number of ether oxygens (including phenoxy) is 1. The van der Waals surface area contributed by atoms with Crippen LogP contribution in [0.3, 0.4) is 0 Å². The number of hydrogen-bond acceptors (Lipinski definition) is 4. The quantitative estimate of drug-likeness (QED) is 0.365. The van der Waals surface area contributed by atoms with E-state index < -0.39 is 24.1 Å². The molecular formula is C12H21NO4. The van der Waals surface area contributed by atoms with Gasteiger partial charge < -0.3 is 19.1 Å². The second-order valence-corrected chi connectivity index (χ2v) is 5.18. The summed E-state index contributed by atoms with van der Waals surface area (Å²) in [4.78, 5) is 22.3. The highest BCUT2D eigenvalue weighted by Gasteiger charge is 2.28. The van der Waals surface area contributed by atoms with Crippen molar-refractivity contribution in [1.29, 1.82) is 0 Å². The lowest BCUT2D eigenvalue weighted by molar-refractivity contribution is -0.890. The highest BCUT2D eigenvalue weighted by atomic mass is 16.5. The fraction of sp³-hybridized carbons (Fsp3) is 0.667. The maximum absolute atomic E-state index is 11.3. The number of esters is 1. The van der Waals surface area contributed by atoms with Gasteiger partial charge in [0, 0.05) is 12.0 Å². The summed E-state index contributed by atoms with van der Waals surface area (Å²) in [5.41, 5.74) is 0.298. The van der Waals surface area contributed by atoms with E-state index in [0.29, 0.717) is 5.57 Å². The first-order chi connectivity index (χ1) is 7.55. The minimum atomic E-state index is -1.14. The number of aliphatic carboxylic acids is 1. The monoisotopic (exact) mass is 243 g/mol. The summed E-state index contributed by atoms with van der Waals surface area (Å²) in [6, 6.07) is -0.720. The molecule has 0 N–H and O–H groups in total. The van der Waals surface area contributed by atoms with Crippen molar-refractivity contribution in [2.45, 2.75) is 32.4 Å². The van der Waals surface area contributed by atoms with Crippen molar-refractivity contribution in [3.05, 3.63) is 12.2 Å². The van der Waals surface area contributed by atoms with E-state index in [1.165, 1.54) is 0 Å². The van der Waals surface area contributed by atoms with E-state index in [9.17, 15) is 14.7 Å². The van der Waals surface area contributed by atoms with E-state index >= 15 is 0 Å². The van der Waals surface area contributed by atoms with Gasteiger partial charge in [-0.25, -0.2) is 4.79 Å². The number of rotatable bonds is 6. The summed E-state index contributed by atoms with van der Waals surface area (Å²) in [6.45, 7) is 6.67. The Morgan fingerprint density at radius 1 is 1.35 bits per heavy atom. The van der Waals surface area contributed by atoms with Gasteiger partial charge in [0.15, 0.2) is 0 Å². The molecule has 0 rings (SSSR count). The fourth-order valence-electron chi connectivity index (χ4n) is 1.37. The molecule has 2 unspecified atom stereocenters. The molecule has 98 valence electrons. The van der Waals surface area contributed by atoms with Gasteiger partial charge in [-0.05, 0) is 13.8 Å². The Labute approximate surface area is 102 Å². The van der Waals surface area contributed by atoms with E-state index in [2.05, 4.69) is 6.58 Å². The molecule has 0 spiro atoms. The number of carbonyl (C=O) groups is 2. The van der Waals surface area contributed by atoms with Crippen LogP contribution in [-0.4, -0.2) is 49.7 Å². The Balaban J connectivity index is 4.53. The van der Waals surface area contributed by atoms with Crippen LogP contribution >= 0.6 is 0 Å². The summed E-state index contributed by atoms with van der Waals surface area (Å²) in [5.74, 6) is -1.65. The van der Waals surface area contributed by atoms with Crippen molar-refractivity contribution >= 4 is 11.9 Å². The molecule has 0 heterocycles. The fourth-order valence-corrected chi connectivity index (χ4v) is 1.37.